The average Bonchev–Trinajstić information content (AvgIpc) is 2.68. The number of benzene rings is 2. The smallest absolute Gasteiger partial charge is 0.166 e. The van der Waals surface area contributed by atoms with Gasteiger partial charge in [0.1, 0.15) is 6.61 Å². The lowest BCUT2D eigenvalue weighted by Crippen LogP contribution is -2.33. The molecule has 6 heteroatoms. The Morgan fingerprint density at radius 3 is 2.44 bits per heavy atom. The highest BCUT2D eigenvalue weighted by molar-refractivity contribution is 5.85. The van der Waals surface area contributed by atoms with Crippen molar-refractivity contribution in [2.24, 2.45) is 5.92 Å². The summed E-state index contributed by atoms with van der Waals surface area (Å²) in [5, 5.41) is 7.01. The molecular formula is C21H30Cl2N2O2. The van der Waals surface area contributed by atoms with Gasteiger partial charge in [0.15, 0.2) is 11.5 Å². The van der Waals surface area contributed by atoms with E-state index < -0.39 is 0 Å². The van der Waals surface area contributed by atoms with E-state index in [1.807, 2.05) is 30.3 Å². The van der Waals surface area contributed by atoms with Crippen molar-refractivity contribution in [2.75, 3.05) is 26.7 Å². The van der Waals surface area contributed by atoms with Crippen molar-refractivity contribution in [3.63, 3.8) is 0 Å². The van der Waals surface area contributed by atoms with Crippen LogP contribution < -0.4 is 20.1 Å². The Balaban J connectivity index is 0.00000182. The van der Waals surface area contributed by atoms with Gasteiger partial charge in [-0.15, -0.1) is 24.8 Å². The fraction of sp³-hybridized carbons (Fsp3) is 0.429. The molecule has 150 valence electrons. The second-order valence-corrected chi connectivity index (χ2v) is 6.55. The largest absolute Gasteiger partial charge is 0.493 e. The summed E-state index contributed by atoms with van der Waals surface area (Å²) in [7, 11) is 1.69. The highest BCUT2D eigenvalue weighted by Crippen LogP contribution is 2.31. The van der Waals surface area contributed by atoms with E-state index in [1.165, 1.54) is 12.8 Å². The molecule has 2 aromatic carbocycles. The molecule has 1 heterocycles. The molecule has 2 N–H and O–H groups in total. The summed E-state index contributed by atoms with van der Waals surface area (Å²) in [4.78, 5) is 0. The van der Waals surface area contributed by atoms with Crippen molar-refractivity contribution in [3.8, 4) is 11.5 Å². The van der Waals surface area contributed by atoms with E-state index in [9.17, 15) is 0 Å². The van der Waals surface area contributed by atoms with Gasteiger partial charge in [0.2, 0.25) is 0 Å². The van der Waals surface area contributed by atoms with Crippen molar-refractivity contribution in [1.29, 1.82) is 0 Å². The number of hydrogen-bond donors (Lipinski definition) is 2. The second-order valence-electron chi connectivity index (χ2n) is 6.55. The summed E-state index contributed by atoms with van der Waals surface area (Å²) in [6.07, 6.45) is 2.50. The van der Waals surface area contributed by atoms with Crippen molar-refractivity contribution < 1.29 is 9.47 Å². The molecule has 0 amide bonds. The molecule has 4 nitrogen and oxygen atoms in total. The summed E-state index contributed by atoms with van der Waals surface area (Å²) >= 11 is 0. The zero-order chi connectivity index (χ0) is 17.3. The van der Waals surface area contributed by atoms with Crippen LogP contribution in [0.1, 0.15) is 24.0 Å². The molecule has 0 saturated carbocycles. The molecule has 1 saturated heterocycles. The van der Waals surface area contributed by atoms with E-state index in [0.717, 1.165) is 54.7 Å². The fourth-order valence-corrected chi connectivity index (χ4v) is 3.25. The van der Waals surface area contributed by atoms with Crippen LogP contribution in [0.3, 0.4) is 0 Å². The number of halogens is 2. The Morgan fingerprint density at radius 1 is 1.00 bits per heavy atom. The highest BCUT2D eigenvalue weighted by Gasteiger charge is 2.14. The maximum Gasteiger partial charge on any atom is 0.166 e. The summed E-state index contributed by atoms with van der Waals surface area (Å²) in [6, 6.07) is 16.3. The molecule has 0 spiro atoms. The van der Waals surface area contributed by atoms with Gasteiger partial charge in [0, 0.05) is 12.1 Å². The van der Waals surface area contributed by atoms with Gasteiger partial charge in [0.05, 0.1) is 7.11 Å². The molecule has 1 aliphatic heterocycles. The second kappa shape index (κ2) is 12.8. The Bertz CT molecular complexity index is 650. The van der Waals surface area contributed by atoms with E-state index in [-0.39, 0.29) is 24.8 Å². The van der Waals surface area contributed by atoms with Crippen LogP contribution in [0.5, 0.6) is 11.5 Å². The third kappa shape index (κ3) is 7.23. The van der Waals surface area contributed by atoms with E-state index in [2.05, 4.69) is 28.8 Å². The summed E-state index contributed by atoms with van der Waals surface area (Å²) in [5.74, 6) is 2.39. The number of piperidine rings is 1. The van der Waals surface area contributed by atoms with Gasteiger partial charge < -0.3 is 20.1 Å². The lowest BCUT2D eigenvalue weighted by Gasteiger charge is -2.23. The lowest BCUT2D eigenvalue weighted by molar-refractivity contribution is 0.280. The van der Waals surface area contributed by atoms with Crippen molar-refractivity contribution in [1.82, 2.24) is 10.6 Å². The Labute approximate surface area is 174 Å². The predicted molar refractivity (Wildman–Crippen MR) is 116 cm³/mol. The number of nitrogens with one attached hydrogen (secondary N) is 2. The van der Waals surface area contributed by atoms with E-state index in [1.54, 1.807) is 7.11 Å². The first-order valence-corrected chi connectivity index (χ1v) is 9.11. The molecule has 1 aliphatic rings. The maximum atomic E-state index is 6.11. The van der Waals surface area contributed by atoms with Crippen LogP contribution in [0, 0.1) is 5.92 Å². The molecule has 0 unspecified atom stereocenters. The molecule has 0 bridgehead atoms. The molecule has 0 aliphatic carbocycles. The van der Waals surface area contributed by atoms with Crippen LogP contribution >= 0.6 is 24.8 Å². The first kappa shape index (κ1) is 23.6. The zero-order valence-corrected chi connectivity index (χ0v) is 17.4. The van der Waals surface area contributed by atoms with Gasteiger partial charge in [-0.2, -0.15) is 0 Å². The third-order valence-corrected chi connectivity index (χ3v) is 4.71. The van der Waals surface area contributed by atoms with Crippen LogP contribution in [-0.2, 0) is 13.2 Å². The van der Waals surface area contributed by atoms with E-state index in [4.69, 9.17) is 9.47 Å². The average molecular weight is 413 g/mol. The van der Waals surface area contributed by atoms with Crippen molar-refractivity contribution in [2.45, 2.75) is 26.0 Å². The molecule has 2 aromatic rings. The SMILES string of the molecule is COc1cccc(CNCC2CCNCC2)c1OCc1ccccc1.Cl.Cl. The topological polar surface area (TPSA) is 42.5 Å². The zero-order valence-electron chi connectivity index (χ0n) is 15.8. The molecule has 0 atom stereocenters. The predicted octanol–water partition coefficient (Wildman–Crippen LogP) is 4.21. The quantitative estimate of drug-likeness (QED) is 0.681. The number of methoxy groups -OCH3 is 1. The molecule has 27 heavy (non-hydrogen) atoms. The van der Waals surface area contributed by atoms with Crippen LogP contribution in [-0.4, -0.2) is 26.7 Å². The molecule has 0 radical (unpaired) electrons. The van der Waals surface area contributed by atoms with Gasteiger partial charge >= 0.3 is 0 Å². The Kier molecular flexibility index (Phi) is 11.2. The fourth-order valence-electron chi connectivity index (χ4n) is 3.25. The maximum absolute atomic E-state index is 6.11. The normalized spacial score (nSPS) is 14.0. The highest BCUT2D eigenvalue weighted by atomic mass is 35.5. The molecule has 1 fully saturated rings. The third-order valence-electron chi connectivity index (χ3n) is 4.71. The minimum Gasteiger partial charge on any atom is -0.493 e. The summed E-state index contributed by atoms with van der Waals surface area (Å²) < 4.78 is 11.6. The van der Waals surface area contributed by atoms with Gasteiger partial charge in [-0.05, 0) is 50.0 Å². The van der Waals surface area contributed by atoms with Gasteiger partial charge in [-0.1, -0.05) is 42.5 Å². The Hall–Kier alpha value is -1.46. The van der Waals surface area contributed by atoms with Gasteiger partial charge in [-0.3, -0.25) is 0 Å². The van der Waals surface area contributed by atoms with Crippen LogP contribution in [0.25, 0.3) is 0 Å². The number of rotatable bonds is 8. The summed E-state index contributed by atoms with van der Waals surface area (Å²) in [6.45, 7) is 4.67. The molecule has 0 aromatic heterocycles. The van der Waals surface area contributed by atoms with Crippen LogP contribution in [0.4, 0.5) is 0 Å². The van der Waals surface area contributed by atoms with Crippen molar-refractivity contribution >= 4 is 24.8 Å². The summed E-state index contributed by atoms with van der Waals surface area (Å²) in [5.41, 5.74) is 2.30. The lowest BCUT2D eigenvalue weighted by atomic mass is 9.98. The van der Waals surface area contributed by atoms with Crippen LogP contribution in [0.15, 0.2) is 48.5 Å². The van der Waals surface area contributed by atoms with Gasteiger partial charge in [0.25, 0.3) is 0 Å². The Morgan fingerprint density at radius 2 is 1.74 bits per heavy atom. The number of para-hydroxylation sites is 1. The van der Waals surface area contributed by atoms with Gasteiger partial charge in [-0.25, -0.2) is 0 Å². The number of hydrogen-bond acceptors (Lipinski definition) is 4. The first-order valence-electron chi connectivity index (χ1n) is 9.11. The standard InChI is InChI=1S/C21H28N2O2.2ClH/c1-24-20-9-5-8-19(15-23-14-17-10-12-22-13-11-17)21(20)25-16-18-6-3-2-4-7-18;;/h2-9,17,22-23H,10-16H2,1H3;2*1H. The van der Waals surface area contributed by atoms with E-state index >= 15 is 0 Å². The molecular weight excluding hydrogens is 383 g/mol. The molecule has 3 rings (SSSR count). The minimum absolute atomic E-state index is 0. The monoisotopic (exact) mass is 412 g/mol. The van der Waals surface area contributed by atoms with Crippen LogP contribution in [0.2, 0.25) is 0 Å². The minimum atomic E-state index is 0. The number of ether oxygens (including phenoxy) is 2. The van der Waals surface area contributed by atoms with Crippen molar-refractivity contribution in [3.05, 3.63) is 59.7 Å². The van der Waals surface area contributed by atoms with E-state index in [0.29, 0.717) is 6.61 Å². The first-order chi connectivity index (χ1) is 12.4.